The van der Waals surface area contributed by atoms with Crippen LogP contribution in [0.1, 0.15) is 32.7 Å². The van der Waals surface area contributed by atoms with Crippen LogP contribution in [0.3, 0.4) is 0 Å². The van der Waals surface area contributed by atoms with Gasteiger partial charge in [-0.1, -0.05) is 53.6 Å². The lowest BCUT2D eigenvalue weighted by molar-refractivity contribution is 0.0941. The Morgan fingerprint density at radius 3 is 2.53 bits per heavy atom. The summed E-state index contributed by atoms with van der Waals surface area (Å²) in [5.74, 6) is -0.696. The number of benzene rings is 2. The molecule has 0 saturated carbocycles. The number of rotatable bonds is 6. The standard InChI is InChI=1S/C25H22ClN5O3/c1-16-5-3-6-18(11-16)15-30-24(33)22(23(32)28-14-19-7-4-10-27-13-19)29-31(25(30)34)20-9-8-17(2)21(26)12-20/h3-13H,14-15H2,1-2H3,(H,28,32). The highest BCUT2D eigenvalue weighted by Crippen LogP contribution is 2.18. The first-order chi connectivity index (χ1) is 16.3. The molecule has 0 saturated heterocycles. The topological polar surface area (TPSA) is 98.9 Å². The van der Waals surface area contributed by atoms with Gasteiger partial charge in [0.2, 0.25) is 5.69 Å². The van der Waals surface area contributed by atoms with Crippen LogP contribution in [0.2, 0.25) is 5.02 Å². The lowest BCUT2D eigenvalue weighted by Gasteiger charge is -2.13. The molecule has 1 amide bonds. The van der Waals surface area contributed by atoms with Crippen molar-refractivity contribution in [1.29, 1.82) is 0 Å². The monoisotopic (exact) mass is 475 g/mol. The normalized spacial score (nSPS) is 10.8. The molecule has 2 heterocycles. The van der Waals surface area contributed by atoms with Gasteiger partial charge in [-0.15, -0.1) is 0 Å². The summed E-state index contributed by atoms with van der Waals surface area (Å²) < 4.78 is 2.04. The Bertz CT molecular complexity index is 1480. The molecule has 8 nitrogen and oxygen atoms in total. The molecule has 0 bridgehead atoms. The van der Waals surface area contributed by atoms with E-state index in [1.807, 2.05) is 38.1 Å². The van der Waals surface area contributed by atoms with E-state index in [0.717, 1.165) is 31.5 Å². The zero-order chi connectivity index (χ0) is 24.2. The number of aromatic nitrogens is 4. The summed E-state index contributed by atoms with van der Waals surface area (Å²) >= 11 is 6.26. The van der Waals surface area contributed by atoms with E-state index in [4.69, 9.17) is 11.6 Å². The van der Waals surface area contributed by atoms with Crippen molar-refractivity contribution in [3.8, 4) is 5.69 Å². The summed E-state index contributed by atoms with van der Waals surface area (Å²) in [5, 5.41) is 7.24. The second-order valence-corrected chi connectivity index (χ2v) is 8.31. The molecule has 0 unspecified atom stereocenters. The minimum atomic E-state index is -0.773. The van der Waals surface area contributed by atoms with E-state index in [1.165, 1.54) is 0 Å². The summed E-state index contributed by atoms with van der Waals surface area (Å²) in [6.07, 6.45) is 3.23. The lowest BCUT2D eigenvalue weighted by atomic mass is 10.1. The van der Waals surface area contributed by atoms with Gasteiger partial charge in [0.25, 0.3) is 11.5 Å². The average molecular weight is 476 g/mol. The highest BCUT2D eigenvalue weighted by molar-refractivity contribution is 6.31. The number of pyridine rings is 1. The molecule has 2 aromatic carbocycles. The van der Waals surface area contributed by atoms with Crippen molar-refractivity contribution in [1.82, 2.24) is 24.6 Å². The molecule has 0 aliphatic heterocycles. The third-order valence-electron chi connectivity index (χ3n) is 5.27. The van der Waals surface area contributed by atoms with Gasteiger partial charge in [-0.05, 0) is 48.7 Å². The van der Waals surface area contributed by atoms with Gasteiger partial charge in [-0.3, -0.25) is 19.1 Å². The van der Waals surface area contributed by atoms with E-state index in [-0.39, 0.29) is 13.1 Å². The van der Waals surface area contributed by atoms with Crippen LogP contribution >= 0.6 is 11.6 Å². The van der Waals surface area contributed by atoms with Crippen molar-refractivity contribution >= 4 is 17.5 Å². The van der Waals surface area contributed by atoms with Crippen molar-refractivity contribution < 1.29 is 4.79 Å². The molecular weight excluding hydrogens is 454 g/mol. The maximum atomic E-state index is 13.3. The Morgan fingerprint density at radius 1 is 1.03 bits per heavy atom. The van der Waals surface area contributed by atoms with Crippen LogP contribution < -0.4 is 16.6 Å². The molecule has 4 aromatic rings. The van der Waals surface area contributed by atoms with Crippen molar-refractivity contribution in [3.05, 3.63) is 121 Å². The minimum absolute atomic E-state index is 0.00958. The molecule has 0 atom stereocenters. The third-order valence-corrected chi connectivity index (χ3v) is 5.68. The number of hydrogen-bond acceptors (Lipinski definition) is 5. The number of carbonyl (C=O) groups is 1. The van der Waals surface area contributed by atoms with E-state index in [1.54, 1.807) is 42.7 Å². The van der Waals surface area contributed by atoms with Crippen molar-refractivity contribution in [2.45, 2.75) is 26.9 Å². The van der Waals surface area contributed by atoms with Crippen molar-refractivity contribution in [2.75, 3.05) is 0 Å². The highest BCUT2D eigenvalue weighted by atomic mass is 35.5. The number of nitrogens with one attached hydrogen (secondary N) is 1. The fourth-order valence-electron chi connectivity index (χ4n) is 3.44. The van der Waals surface area contributed by atoms with Gasteiger partial charge in [0.15, 0.2) is 0 Å². The first kappa shape index (κ1) is 23.1. The van der Waals surface area contributed by atoms with Crippen LogP contribution in [0.15, 0.2) is 76.6 Å². The van der Waals surface area contributed by atoms with E-state index < -0.39 is 22.9 Å². The van der Waals surface area contributed by atoms with E-state index >= 15 is 0 Å². The second-order valence-electron chi connectivity index (χ2n) is 7.90. The Kier molecular flexibility index (Phi) is 6.70. The molecule has 4 rings (SSSR count). The summed E-state index contributed by atoms with van der Waals surface area (Å²) in [6.45, 7) is 3.90. The van der Waals surface area contributed by atoms with E-state index in [0.29, 0.717) is 10.7 Å². The Hall–Kier alpha value is -4.04. The fourth-order valence-corrected chi connectivity index (χ4v) is 3.61. The molecule has 0 radical (unpaired) electrons. The van der Waals surface area contributed by atoms with Crippen LogP contribution in [0.5, 0.6) is 0 Å². The maximum absolute atomic E-state index is 13.3. The van der Waals surface area contributed by atoms with E-state index in [9.17, 15) is 14.4 Å². The van der Waals surface area contributed by atoms with E-state index in [2.05, 4.69) is 15.4 Å². The summed E-state index contributed by atoms with van der Waals surface area (Å²) in [6, 6.07) is 16.0. The first-order valence-electron chi connectivity index (χ1n) is 10.6. The highest BCUT2D eigenvalue weighted by Gasteiger charge is 2.21. The number of aryl methyl sites for hydroxylation is 2. The van der Waals surface area contributed by atoms with Gasteiger partial charge in [0.05, 0.1) is 12.2 Å². The Labute approximate surface area is 200 Å². The molecule has 0 fully saturated rings. The lowest BCUT2D eigenvalue weighted by Crippen LogP contribution is -2.46. The molecule has 0 spiro atoms. The molecule has 0 aliphatic carbocycles. The predicted octanol–water partition coefficient (Wildman–Crippen LogP) is 3.04. The molecule has 172 valence electrons. The Balaban J connectivity index is 1.81. The average Bonchev–Trinajstić information content (AvgIpc) is 2.83. The molecule has 9 heteroatoms. The fraction of sp³-hybridized carbons (Fsp3) is 0.160. The maximum Gasteiger partial charge on any atom is 0.352 e. The quantitative estimate of drug-likeness (QED) is 0.462. The molecule has 1 N–H and O–H groups in total. The number of carbonyl (C=O) groups excluding carboxylic acids is 1. The van der Waals surface area contributed by atoms with Gasteiger partial charge in [0, 0.05) is 24.0 Å². The second kappa shape index (κ2) is 9.84. The molecule has 0 aliphatic rings. The number of halogens is 1. The third kappa shape index (κ3) is 4.97. The van der Waals surface area contributed by atoms with Gasteiger partial charge < -0.3 is 5.32 Å². The first-order valence-corrected chi connectivity index (χ1v) is 10.9. The van der Waals surface area contributed by atoms with Gasteiger partial charge in [-0.2, -0.15) is 9.78 Å². The van der Waals surface area contributed by atoms with Crippen LogP contribution in [-0.2, 0) is 13.1 Å². The van der Waals surface area contributed by atoms with Gasteiger partial charge in [0.1, 0.15) is 0 Å². The Morgan fingerprint density at radius 2 is 1.82 bits per heavy atom. The molecule has 2 aromatic heterocycles. The zero-order valence-corrected chi connectivity index (χ0v) is 19.4. The van der Waals surface area contributed by atoms with Crippen LogP contribution in [-0.4, -0.2) is 25.2 Å². The molecule has 34 heavy (non-hydrogen) atoms. The van der Waals surface area contributed by atoms with Crippen LogP contribution in [0.4, 0.5) is 0 Å². The predicted molar refractivity (Wildman–Crippen MR) is 130 cm³/mol. The summed E-state index contributed by atoms with van der Waals surface area (Å²) in [4.78, 5) is 43.5. The minimum Gasteiger partial charge on any atom is -0.346 e. The van der Waals surface area contributed by atoms with Gasteiger partial charge in [-0.25, -0.2) is 4.79 Å². The van der Waals surface area contributed by atoms with Crippen LogP contribution in [0.25, 0.3) is 5.69 Å². The summed E-state index contributed by atoms with van der Waals surface area (Å²) in [7, 11) is 0. The number of amides is 1. The number of nitrogens with zero attached hydrogens (tertiary/aromatic N) is 4. The number of hydrogen-bond donors (Lipinski definition) is 1. The zero-order valence-electron chi connectivity index (χ0n) is 18.7. The van der Waals surface area contributed by atoms with Crippen molar-refractivity contribution in [3.63, 3.8) is 0 Å². The largest absolute Gasteiger partial charge is 0.352 e. The molecular formula is C25H22ClN5O3. The van der Waals surface area contributed by atoms with Crippen LogP contribution in [0, 0.1) is 13.8 Å². The van der Waals surface area contributed by atoms with Gasteiger partial charge >= 0.3 is 5.69 Å². The van der Waals surface area contributed by atoms with Crippen molar-refractivity contribution in [2.24, 2.45) is 0 Å². The summed E-state index contributed by atoms with van der Waals surface area (Å²) in [5.41, 5.74) is 1.82. The SMILES string of the molecule is Cc1cccc(Cn2c(=O)c(C(=O)NCc3cccnc3)nn(-c3ccc(C)c(Cl)c3)c2=O)c1. The smallest absolute Gasteiger partial charge is 0.346 e.